The van der Waals surface area contributed by atoms with Crippen LogP contribution in [0.1, 0.15) is 76.8 Å². The van der Waals surface area contributed by atoms with Gasteiger partial charge >= 0.3 is 0 Å². The number of phenols is 1. The van der Waals surface area contributed by atoms with Crippen LogP contribution in [0.4, 0.5) is 0 Å². The Bertz CT molecular complexity index is 671. The molecule has 0 bridgehead atoms. The van der Waals surface area contributed by atoms with Crippen molar-refractivity contribution in [3.63, 3.8) is 0 Å². The number of hydrogen-bond acceptors (Lipinski definition) is 2. The molecule has 3 rings (SSSR count). The molecule has 2 nitrogen and oxygen atoms in total. The minimum atomic E-state index is 0.114. The molecule has 24 heavy (non-hydrogen) atoms. The summed E-state index contributed by atoms with van der Waals surface area (Å²) in [6.45, 7) is 6.48. The van der Waals surface area contributed by atoms with Gasteiger partial charge in [0.1, 0.15) is 5.75 Å². The third kappa shape index (κ3) is 2.81. The van der Waals surface area contributed by atoms with Gasteiger partial charge in [0, 0.05) is 11.3 Å². The molecule has 0 saturated heterocycles. The number of Topliss-reactive ketones (excluding diaryl/α,β-unsaturated/α-hetero) is 1. The third-order valence-corrected chi connectivity index (χ3v) is 6.08. The van der Waals surface area contributed by atoms with Gasteiger partial charge in [-0.3, -0.25) is 4.79 Å². The molecule has 2 unspecified atom stereocenters. The topological polar surface area (TPSA) is 37.3 Å². The fraction of sp³-hybridized carbons (Fsp3) is 0.591. The molecule has 0 aliphatic heterocycles. The number of unbranched alkanes of at least 4 members (excludes halogenated alkanes) is 2. The van der Waals surface area contributed by atoms with Crippen LogP contribution < -0.4 is 0 Å². The Morgan fingerprint density at radius 3 is 2.67 bits per heavy atom. The van der Waals surface area contributed by atoms with E-state index in [-0.39, 0.29) is 11.3 Å². The highest BCUT2D eigenvalue weighted by Gasteiger charge is 2.48. The monoisotopic (exact) mass is 326 g/mol. The number of carbonyl (C=O) groups is 1. The fourth-order valence-electron chi connectivity index (χ4n) is 4.99. The predicted octanol–water partition coefficient (Wildman–Crippen LogP) is 5.68. The van der Waals surface area contributed by atoms with Crippen molar-refractivity contribution < 1.29 is 9.90 Å². The number of fused-ring (bicyclic) bond motifs is 3. The summed E-state index contributed by atoms with van der Waals surface area (Å²) in [6, 6.07) is 5.70. The summed E-state index contributed by atoms with van der Waals surface area (Å²) in [7, 11) is 0. The molecule has 0 aromatic heterocycles. The van der Waals surface area contributed by atoms with Crippen molar-refractivity contribution in [1.82, 2.24) is 0 Å². The number of phenolic OH excluding ortho intramolecular Hbond substituents is 1. The normalized spacial score (nSPS) is 25.8. The number of aromatic hydroxyl groups is 1. The second kappa shape index (κ2) is 6.74. The maximum absolute atomic E-state index is 13.0. The van der Waals surface area contributed by atoms with Crippen LogP contribution in [0.3, 0.4) is 0 Å². The molecule has 1 N–H and O–H groups in total. The summed E-state index contributed by atoms with van der Waals surface area (Å²) in [6.07, 6.45) is 8.82. The molecule has 1 aromatic carbocycles. The molecule has 130 valence electrons. The average Bonchev–Trinajstić information content (AvgIpc) is 2.88. The van der Waals surface area contributed by atoms with Gasteiger partial charge in [0.2, 0.25) is 0 Å². The van der Waals surface area contributed by atoms with Crippen molar-refractivity contribution in [2.75, 3.05) is 0 Å². The van der Waals surface area contributed by atoms with Gasteiger partial charge in [0.15, 0.2) is 5.78 Å². The zero-order valence-electron chi connectivity index (χ0n) is 15.3. The lowest BCUT2D eigenvalue weighted by atomic mass is 9.63. The molecule has 0 radical (unpaired) electrons. The van der Waals surface area contributed by atoms with Crippen LogP contribution in [-0.4, -0.2) is 10.9 Å². The van der Waals surface area contributed by atoms with Gasteiger partial charge in [0.25, 0.3) is 0 Å². The summed E-state index contributed by atoms with van der Waals surface area (Å²) in [4.78, 5) is 13.0. The number of carbonyl (C=O) groups excluding carboxylic acids is 1. The Hall–Kier alpha value is -1.57. The molecule has 0 fully saturated rings. The van der Waals surface area contributed by atoms with Crippen molar-refractivity contribution >= 4 is 11.4 Å². The van der Waals surface area contributed by atoms with E-state index in [0.29, 0.717) is 11.5 Å². The second-order valence-electron chi connectivity index (χ2n) is 7.81. The van der Waals surface area contributed by atoms with Gasteiger partial charge in [-0.2, -0.15) is 0 Å². The van der Waals surface area contributed by atoms with Gasteiger partial charge < -0.3 is 5.11 Å². The zero-order chi connectivity index (χ0) is 17.3. The highest BCUT2D eigenvalue weighted by molar-refractivity contribution is 6.07. The molecule has 2 heteroatoms. The smallest absolute Gasteiger partial charge is 0.161 e. The lowest BCUT2D eigenvalue weighted by Crippen LogP contribution is -2.34. The Labute approximate surface area is 146 Å². The zero-order valence-corrected chi connectivity index (χ0v) is 15.3. The van der Waals surface area contributed by atoms with E-state index < -0.39 is 0 Å². The summed E-state index contributed by atoms with van der Waals surface area (Å²) >= 11 is 0. The Morgan fingerprint density at radius 1 is 1.21 bits per heavy atom. The maximum Gasteiger partial charge on any atom is 0.161 e. The quantitative estimate of drug-likeness (QED) is 0.730. The van der Waals surface area contributed by atoms with Crippen LogP contribution in [0.5, 0.6) is 5.75 Å². The molecular formula is C22H30O2. The van der Waals surface area contributed by atoms with E-state index >= 15 is 0 Å². The van der Waals surface area contributed by atoms with E-state index in [4.69, 9.17) is 0 Å². The minimum Gasteiger partial charge on any atom is -0.508 e. The highest BCUT2D eigenvalue weighted by Crippen LogP contribution is 2.58. The summed E-state index contributed by atoms with van der Waals surface area (Å²) < 4.78 is 0. The first-order valence-electron chi connectivity index (χ1n) is 9.60. The lowest BCUT2D eigenvalue weighted by molar-refractivity contribution is -0.121. The van der Waals surface area contributed by atoms with E-state index in [1.54, 1.807) is 6.07 Å². The molecule has 2 aliphatic carbocycles. The largest absolute Gasteiger partial charge is 0.508 e. The maximum atomic E-state index is 13.0. The Morgan fingerprint density at radius 2 is 1.96 bits per heavy atom. The predicted molar refractivity (Wildman–Crippen MR) is 99.0 cm³/mol. The van der Waals surface area contributed by atoms with Gasteiger partial charge in [-0.25, -0.2) is 0 Å². The van der Waals surface area contributed by atoms with Crippen molar-refractivity contribution in [2.45, 2.75) is 72.1 Å². The second-order valence-corrected chi connectivity index (χ2v) is 7.81. The minimum absolute atomic E-state index is 0.114. The fourth-order valence-corrected chi connectivity index (χ4v) is 4.99. The van der Waals surface area contributed by atoms with Gasteiger partial charge in [0.05, 0.1) is 0 Å². The molecule has 1 aromatic rings. The third-order valence-electron chi connectivity index (χ3n) is 6.08. The number of ketones is 1. The van der Waals surface area contributed by atoms with Crippen molar-refractivity contribution in [1.29, 1.82) is 0 Å². The SMILES string of the molecule is CCCCC1CC2(CCCC)Cc3cc(O)ccc3C2=C(C)C1=O. The summed E-state index contributed by atoms with van der Waals surface area (Å²) in [5, 5.41) is 9.89. The van der Waals surface area contributed by atoms with Gasteiger partial charge in [-0.1, -0.05) is 45.6 Å². The first kappa shape index (κ1) is 17.3. The van der Waals surface area contributed by atoms with Crippen LogP contribution in [0, 0.1) is 11.3 Å². The molecule has 0 amide bonds. The molecule has 0 spiro atoms. The van der Waals surface area contributed by atoms with E-state index in [1.165, 1.54) is 29.5 Å². The van der Waals surface area contributed by atoms with Crippen LogP contribution >= 0.6 is 0 Å². The van der Waals surface area contributed by atoms with E-state index in [0.717, 1.165) is 44.1 Å². The molecular weight excluding hydrogens is 296 g/mol. The first-order valence-corrected chi connectivity index (χ1v) is 9.60. The molecule has 0 heterocycles. The summed E-state index contributed by atoms with van der Waals surface area (Å²) in [5.74, 6) is 0.894. The van der Waals surface area contributed by atoms with Crippen LogP contribution in [0.25, 0.3) is 5.57 Å². The molecule has 2 aliphatic rings. The van der Waals surface area contributed by atoms with E-state index in [2.05, 4.69) is 13.8 Å². The number of allylic oxidation sites excluding steroid dienone is 2. The number of benzene rings is 1. The Balaban J connectivity index is 2.06. The number of rotatable bonds is 6. The standard InChI is InChI=1S/C22H30O2/c1-4-6-8-16-13-22(11-7-5-2)14-17-12-18(23)9-10-19(17)20(22)15(3)21(16)24/h9-10,12,16,23H,4-8,11,13-14H2,1-3H3. The van der Waals surface area contributed by atoms with Crippen molar-refractivity contribution in [3.8, 4) is 5.75 Å². The van der Waals surface area contributed by atoms with Crippen molar-refractivity contribution in [3.05, 3.63) is 34.9 Å². The Kier molecular flexibility index (Phi) is 4.85. The summed E-state index contributed by atoms with van der Waals surface area (Å²) in [5.41, 5.74) is 4.84. The highest BCUT2D eigenvalue weighted by atomic mass is 16.3. The average molecular weight is 326 g/mol. The molecule has 2 atom stereocenters. The van der Waals surface area contributed by atoms with Gasteiger partial charge in [-0.15, -0.1) is 0 Å². The first-order chi connectivity index (χ1) is 11.5. The van der Waals surface area contributed by atoms with E-state index in [9.17, 15) is 9.90 Å². The van der Waals surface area contributed by atoms with Crippen LogP contribution in [0.15, 0.2) is 23.8 Å². The number of hydrogen-bond donors (Lipinski definition) is 1. The molecule has 0 saturated carbocycles. The van der Waals surface area contributed by atoms with Crippen molar-refractivity contribution in [2.24, 2.45) is 11.3 Å². The van der Waals surface area contributed by atoms with Gasteiger partial charge in [-0.05, 0) is 67.0 Å². The van der Waals surface area contributed by atoms with Crippen LogP contribution in [0.2, 0.25) is 0 Å². The lowest BCUT2D eigenvalue weighted by Gasteiger charge is -2.40. The van der Waals surface area contributed by atoms with E-state index in [1.807, 2.05) is 19.1 Å². The van der Waals surface area contributed by atoms with Crippen LogP contribution in [-0.2, 0) is 11.2 Å².